The van der Waals surface area contributed by atoms with Crippen molar-refractivity contribution in [3.05, 3.63) is 50.9 Å². The van der Waals surface area contributed by atoms with Crippen LogP contribution in [0.4, 0.5) is 5.69 Å². The van der Waals surface area contributed by atoms with Gasteiger partial charge in [0.25, 0.3) is 5.91 Å². The summed E-state index contributed by atoms with van der Waals surface area (Å²) in [5, 5.41) is 2.69. The Morgan fingerprint density at radius 2 is 1.82 bits per heavy atom. The third-order valence-corrected chi connectivity index (χ3v) is 6.61. The molecule has 1 amide bonds. The van der Waals surface area contributed by atoms with E-state index < -0.39 is 10.0 Å². The van der Waals surface area contributed by atoms with Crippen LogP contribution in [0.5, 0.6) is 5.75 Å². The summed E-state index contributed by atoms with van der Waals surface area (Å²) in [5.41, 5.74) is 1.38. The summed E-state index contributed by atoms with van der Waals surface area (Å²) < 4.78 is 34.4. The van der Waals surface area contributed by atoms with Crippen LogP contribution in [0.15, 0.2) is 50.2 Å². The lowest BCUT2D eigenvalue weighted by Gasteiger charge is -2.13. The highest BCUT2D eigenvalue weighted by Crippen LogP contribution is 2.32. The summed E-state index contributed by atoms with van der Waals surface area (Å²) in [6.45, 7) is 5.42. The largest absolute Gasteiger partial charge is 0.482 e. The molecule has 0 bridgehead atoms. The van der Waals surface area contributed by atoms with Crippen molar-refractivity contribution in [2.24, 2.45) is 0 Å². The molecule has 0 aliphatic heterocycles. The maximum absolute atomic E-state index is 12.3. The van der Waals surface area contributed by atoms with Crippen molar-refractivity contribution >= 4 is 53.5 Å². The Morgan fingerprint density at radius 1 is 1.18 bits per heavy atom. The minimum atomic E-state index is -3.57. The predicted octanol–water partition coefficient (Wildman–Crippen LogP) is 4.61. The fraction of sp³-hybridized carbons (Fsp3) is 0.316. The Balaban J connectivity index is 1.98. The van der Waals surface area contributed by atoms with Crippen LogP contribution in [0, 0.1) is 6.92 Å². The van der Waals surface area contributed by atoms with Crippen molar-refractivity contribution in [3.8, 4) is 5.75 Å². The molecule has 2 aromatic rings. The first kappa shape index (κ1) is 22.9. The van der Waals surface area contributed by atoms with E-state index in [1.807, 2.05) is 26.0 Å². The second-order valence-corrected chi connectivity index (χ2v) is 9.81. The summed E-state index contributed by atoms with van der Waals surface area (Å²) in [4.78, 5) is 12.3. The molecule has 6 nitrogen and oxygen atoms in total. The van der Waals surface area contributed by atoms with Crippen molar-refractivity contribution in [2.75, 3.05) is 11.9 Å². The number of sulfonamides is 1. The number of aryl methyl sites for hydroxylation is 1. The number of hydrogen-bond acceptors (Lipinski definition) is 4. The highest BCUT2D eigenvalue weighted by molar-refractivity contribution is 9.11. The van der Waals surface area contributed by atoms with E-state index in [1.165, 1.54) is 12.1 Å². The van der Waals surface area contributed by atoms with E-state index in [9.17, 15) is 13.2 Å². The van der Waals surface area contributed by atoms with Crippen molar-refractivity contribution in [3.63, 3.8) is 0 Å². The fourth-order valence-electron chi connectivity index (χ4n) is 2.34. The SMILES string of the molecule is CCC(C)NS(=O)(=O)c1ccc(NC(=O)COc2c(C)cc(Br)cc2Br)cc1. The number of amides is 1. The van der Waals surface area contributed by atoms with E-state index in [0.29, 0.717) is 17.9 Å². The fourth-order valence-corrected chi connectivity index (χ4v) is 5.22. The maximum Gasteiger partial charge on any atom is 0.262 e. The van der Waals surface area contributed by atoms with Crippen molar-refractivity contribution in [1.82, 2.24) is 4.72 Å². The minimum absolute atomic E-state index is 0.150. The first-order chi connectivity index (χ1) is 13.1. The first-order valence-corrected chi connectivity index (χ1v) is 11.7. The van der Waals surface area contributed by atoms with Crippen LogP contribution >= 0.6 is 31.9 Å². The highest BCUT2D eigenvalue weighted by atomic mass is 79.9. The zero-order valence-corrected chi connectivity index (χ0v) is 19.7. The van der Waals surface area contributed by atoms with Crippen molar-refractivity contribution in [2.45, 2.75) is 38.1 Å². The molecule has 0 spiro atoms. The number of carbonyl (C=O) groups excluding carboxylic acids is 1. The Morgan fingerprint density at radius 3 is 2.39 bits per heavy atom. The molecule has 1 unspecified atom stereocenters. The molecule has 0 aliphatic rings. The van der Waals surface area contributed by atoms with E-state index in [2.05, 4.69) is 41.9 Å². The van der Waals surface area contributed by atoms with Gasteiger partial charge in [-0.25, -0.2) is 13.1 Å². The quantitative estimate of drug-likeness (QED) is 0.518. The van der Waals surface area contributed by atoms with Gasteiger partial charge in [-0.1, -0.05) is 22.9 Å². The van der Waals surface area contributed by atoms with E-state index >= 15 is 0 Å². The van der Waals surface area contributed by atoms with Crippen LogP contribution < -0.4 is 14.8 Å². The third-order valence-electron chi connectivity index (χ3n) is 3.96. The van der Waals surface area contributed by atoms with Crippen LogP contribution in [-0.4, -0.2) is 27.0 Å². The van der Waals surface area contributed by atoms with E-state index in [4.69, 9.17) is 4.74 Å². The van der Waals surface area contributed by atoms with Crippen LogP contribution in [-0.2, 0) is 14.8 Å². The summed E-state index contributed by atoms with van der Waals surface area (Å²) in [6, 6.07) is 9.58. The molecule has 152 valence electrons. The Labute approximate surface area is 182 Å². The number of anilines is 1. The first-order valence-electron chi connectivity index (χ1n) is 8.63. The van der Waals surface area contributed by atoms with Crippen LogP contribution in [0.1, 0.15) is 25.8 Å². The number of carbonyl (C=O) groups is 1. The molecule has 0 heterocycles. The van der Waals surface area contributed by atoms with Gasteiger partial charge >= 0.3 is 0 Å². The van der Waals surface area contributed by atoms with Gasteiger partial charge in [0.15, 0.2) is 6.61 Å². The average molecular weight is 534 g/mol. The van der Waals surface area contributed by atoms with Gasteiger partial charge in [0.05, 0.1) is 9.37 Å². The van der Waals surface area contributed by atoms with Gasteiger partial charge in [-0.15, -0.1) is 0 Å². The van der Waals surface area contributed by atoms with Gasteiger partial charge in [0, 0.05) is 16.2 Å². The lowest BCUT2D eigenvalue weighted by atomic mass is 10.2. The minimum Gasteiger partial charge on any atom is -0.482 e. The summed E-state index contributed by atoms with van der Waals surface area (Å²) in [7, 11) is -3.57. The molecule has 0 radical (unpaired) electrons. The number of rotatable bonds is 8. The normalized spacial score (nSPS) is 12.5. The number of ether oxygens (including phenoxy) is 1. The molecule has 1 atom stereocenters. The number of hydrogen-bond donors (Lipinski definition) is 2. The maximum atomic E-state index is 12.3. The molecular weight excluding hydrogens is 512 g/mol. The molecule has 9 heteroatoms. The molecular formula is C19H22Br2N2O4S. The molecule has 0 saturated heterocycles. The average Bonchev–Trinajstić information content (AvgIpc) is 2.60. The zero-order chi connectivity index (χ0) is 20.9. The lowest BCUT2D eigenvalue weighted by molar-refractivity contribution is -0.118. The molecule has 28 heavy (non-hydrogen) atoms. The van der Waals surface area contributed by atoms with Crippen molar-refractivity contribution < 1.29 is 17.9 Å². The third kappa shape index (κ3) is 6.30. The number of nitrogens with one attached hydrogen (secondary N) is 2. The second-order valence-electron chi connectivity index (χ2n) is 6.33. The Kier molecular flexibility index (Phi) is 8.06. The predicted molar refractivity (Wildman–Crippen MR) is 117 cm³/mol. The van der Waals surface area contributed by atoms with Gasteiger partial charge in [-0.2, -0.15) is 0 Å². The van der Waals surface area contributed by atoms with E-state index in [0.717, 1.165) is 14.5 Å². The number of halogens is 2. The van der Waals surface area contributed by atoms with Gasteiger partial charge in [-0.05, 0) is 78.2 Å². The molecule has 2 rings (SSSR count). The van der Waals surface area contributed by atoms with Gasteiger partial charge in [0.2, 0.25) is 10.0 Å². The monoisotopic (exact) mass is 532 g/mol. The Hall–Kier alpha value is -1.42. The lowest BCUT2D eigenvalue weighted by Crippen LogP contribution is -2.32. The molecule has 0 fully saturated rings. The zero-order valence-electron chi connectivity index (χ0n) is 15.8. The molecule has 0 aliphatic carbocycles. The molecule has 2 aromatic carbocycles. The molecule has 2 N–H and O–H groups in total. The second kappa shape index (κ2) is 9.87. The summed E-state index contributed by atoms with van der Waals surface area (Å²) in [5.74, 6) is 0.249. The summed E-state index contributed by atoms with van der Waals surface area (Å²) >= 11 is 6.81. The Bertz CT molecular complexity index is 924. The van der Waals surface area contributed by atoms with Crippen LogP contribution in [0.3, 0.4) is 0 Å². The van der Waals surface area contributed by atoms with E-state index in [1.54, 1.807) is 19.1 Å². The highest BCUT2D eigenvalue weighted by Gasteiger charge is 2.16. The standard InChI is InChI=1S/C19H22Br2N2O4S/c1-4-13(3)23-28(25,26)16-7-5-15(6-8-16)22-18(24)11-27-19-12(2)9-14(20)10-17(19)21/h5-10,13,23H,4,11H2,1-3H3,(H,22,24). The topological polar surface area (TPSA) is 84.5 Å². The van der Waals surface area contributed by atoms with Gasteiger partial charge in [0.1, 0.15) is 5.75 Å². The number of benzene rings is 2. The van der Waals surface area contributed by atoms with Crippen LogP contribution in [0.25, 0.3) is 0 Å². The summed E-state index contributed by atoms with van der Waals surface area (Å²) in [6.07, 6.45) is 0.696. The van der Waals surface area contributed by atoms with Crippen molar-refractivity contribution in [1.29, 1.82) is 0 Å². The van der Waals surface area contributed by atoms with Crippen LogP contribution in [0.2, 0.25) is 0 Å². The molecule has 0 aromatic heterocycles. The van der Waals surface area contributed by atoms with Gasteiger partial charge < -0.3 is 10.1 Å². The smallest absolute Gasteiger partial charge is 0.262 e. The van der Waals surface area contributed by atoms with E-state index in [-0.39, 0.29) is 23.5 Å². The molecule has 0 saturated carbocycles. The van der Waals surface area contributed by atoms with Gasteiger partial charge in [-0.3, -0.25) is 4.79 Å².